The molecular weight excluding hydrogens is 248 g/mol. The van der Waals surface area contributed by atoms with E-state index in [1.165, 1.54) is 32.1 Å². The largest absolute Gasteiger partial charge is 0.339 e. The summed E-state index contributed by atoms with van der Waals surface area (Å²) in [6, 6.07) is 0.398. The molecule has 20 heavy (non-hydrogen) atoms. The van der Waals surface area contributed by atoms with Gasteiger partial charge in [0.15, 0.2) is 0 Å². The molecule has 2 fully saturated rings. The van der Waals surface area contributed by atoms with Crippen molar-refractivity contribution in [1.82, 2.24) is 4.90 Å². The molecule has 0 radical (unpaired) electrons. The van der Waals surface area contributed by atoms with Gasteiger partial charge in [0.1, 0.15) is 0 Å². The van der Waals surface area contributed by atoms with Crippen molar-refractivity contribution < 1.29 is 4.79 Å². The molecule has 0 aromatic rings. The summed E-state index contributed by atoms with van der Waals surface area (Å²) in [5.74, 6) is 0.952. The van der Waals surface area contributed by atoms with E-state index in [4.69, 9.17) is 5.73 Å². The Labute approximate surface area is 124 Å². The number of nitrogens with zero attached hydrogens (tertiary/aromatic N) is 1. The Morgan fingerprint density at radius 2 is 1.80 bits per heavy atom. The lowest BCUT2D eigenvalue weighted by molar-refractivity contribution is -0.146. The third kappa shape index (κ3) is 2.88. The first kappa shape index (κ1) is 15.8. The first-order chi connectivity index (χ1) is 9.68. The van der Waals surface area contributed by atoms with Crippen LogP contribution in [-0.2, 0) is 4.79 Å². The molecule has 0 saturated heterocycles. The number of rotatable bonds is 5. The highest BCUT2D eigenvalue weighted by Crippen LogP contribution is 2.43. The second-order valence-corrected chi connectivity index (χ2v) is 6.78. The molecule has 0 bridgehead atoms. The van der Waals surface area contributed by atoms with Crippen LogP contribution in [0.25, 0.3) is 0 Å². The van der Waals surface area contributed by atoms with Crippen molar-refractivity contribution in [3.05, 3.63) is 0 Å². The minimum absolute atomic E-state index is 0.0490. The molecule has 2 atom stereocenters. The highest BCUT2D eigenvalue weighted by atomic mass is 16.2. The van der Waals surface area contributed by atoms with Gasteiger partial charge in [0.05, 0.1) is 0 Å². The van der Waals surface area contributed by atoms with Crippen molar-refractivity contribution in [3.63, 3.8) is 0 Å². The van der Waals surface area contributed by atoms with Crippen molar-refractivity contribution in [2.45, 2.75) is 77.7 Å². The lowest BCUT2D eigenvalue weighted by Gasteiger charge is -2.43. The van der Waals surface area contributed by atoms with E-state index in [2.05, 4.69) is 18.7 Å². The van der Waals surface area contributed by atoms with Crippen molar-refractivity contribution in [1.29, 1.82) is 0 Å². The molecule has 0 heterocycles. The highest BCUT2D eigenvalue weighted by Gasteiger charge is 2.44. The van der Waals surface area contributed by atoms with Gasteiger partial charge < -0.3 is 10.6 Å². The van der Waals surface area contributed by atoms with Crippen molar-refractivity contribution >= 4 is 5.91 Å². The summed E-state index contributed by atoms with van der Waals surface area (Å²) in [5.41, 5.74) is 5.92. The Hall–Kier alpha value is -0.570. The number of amides is 1. The zero-order chi connectivity index (χ0) is 14.6. The van der Waals surface area contributed by atoms with E-state index in [0.29, 0.717) is 17.9 Å². The molecule has 2 saturated carbocycles. The maximum Gasteiger partial charge on any atom is 0.229 e. The fraction of sp³-hybridized carbons (Fsp3) is 0.941. The minimum atomic E-state index is -0.0490. The van der Waals surface area contributed by atoms with Crippen LogP contribution in [-0.4, -0.2) is 29.9 Å². The summed E-state index contributed by atoms with van der Waals surface area (Å²) in [4.78, 5) is 15.4. The number of nitrogens with two attached hydrogens (primary N) is 1. The van der Waals surface area contributed by atoms with Crippen LogP contribution in [0.5, 0.6) is 0 Å². The van der Waals surface area contributed by atoms with Crippen LogP contribution in [0.1, 0.15) is 71.6 Å². The van der Waals surface area contributed by atoms with Crippen LogP contribution in [0.2, 0.25) is 0 Å². The Morgan fingerprint density at radius 1 is 1.15 bits per heavy atom. The molecule has 2 rings (SSSR count). The number of hydrogen-bond acceptors (Lipinski definition) is 2. The lowest BCUT2D eigenvalue weighted by atomic mass is 9.78. The quantitative estimate of drug-likeness (QED) is 0.839. The third-order valence-electron chi connectivity index (χ3n) is 5.86. The Morgan fingerprint density at radius 3 is 2.35 bits per heavy atom. The van der Waals surface area contributed by atoms with E-state index in [1.54, 1.807) is 0 Å². The van der Waals surface area contributed by atoms with Gasteiger partial charge in [-0.1, -0.05) is 32.6 Å². The Kier molecular flexibility index (Phi) is 5.48. The van der Waals surface area contributed by atoms with Crippen molar-refractivity contribution in [3.8, 4) is 0 Å². The van der Waals surface area contributed by atoms with Gasteiger partial charge in [-0.15, -0.1) is 0 Å². The van der Waals surface area contributed by atoms with Gasteiger partial charge in [-0.2, -0.15) is 0 Å². The number of hydrogen-bond donors (Lipinski definition) is 1. The molecule has 2 aliphatic carbocycles. The zero-order valence-electron chi connectivity index (χ0n) is 13.4. The predicted molar refractivity (Wildman–Crippen MR) is 83.4 cm³/mol. The van der Waals surface area contributed by atoms with Gasteiger partial charge in [0.25, 0.3) is 0 Å². The topological polar surface area (TPSA) is 46.3 Å². The lowest BCUT2D eigenvalue weighted by Crippen LogP contribution is -2.52. The molecular formula is C17H32N2O. The summed E-state index contributed by atoms with van der Waals surface area (Å²) >= 11 is 0. The van der Waals surface area contributed by atoms with Crippen LogP contribution in [0, 0.1) is 11.3 Å². The first-order valence-corrected chi connectivity index (χ1v) is 8.69. The summed E-state index contributed by atoms with van der Waals surface area (Å²) < 4.78 is 0. The number of carbonyl (C=O) groups excluding carboxylic acids is 1. The second kappa shape index (κ2) is 6.93. The fourth-order valence-electron chi connectivity index (χ4n) is 4.48. The standard InChI is InChI=1S/C17H32N2O/c1-3-17(11-7-8-12-17)16(20)19(4-2)15-10-6-5-9-14(15)13-18/h14-15H,3-13,18H2,1-2H3. The van der Waals surface area contributed by atoms with E-state index in [-0.39, 0.29) is 5.41 Å². The maximum absolute atomic E-state index is 13.2. The molecule has 2 N–H and O–H groups in total. The van der Waals surface area contributed by atoms with Gasteiger partial charge in [-0.3, -0.25) is 4.79 Å². The summed E-state index contributed by atoms with van der Waals surface area (Å²) in [5, 5.41) is 0. The van der Waals surface area contributed by atoms with E-state index in [1.807, 2.05) is 0 Å². The monoisotopic (exact) mass is 280 g/mol. The van der Waals surface area contributed by atoms with E-state index >= 15 is 0 Å². The van der Waals surface area contributed by atoms with Crippen LogP contribution in [0.3, 0.4) is 0 Å². The van der Waals surface area contributed by atoms with Crippen LogP contribution in [0.4, 0.5) is 0 Å². The molecule has 1 amide bonds. The van der Waals surface area contributed by atoms with Crippen molar-refractivity contribution in [2.75, 3.05) is 13.1 Å². The molecule has 0 spiro atoms. The first-order valence-electron chi connectivity index (χ1n) is 8.69. The fourth-order valence-corrected chi connectivity index (χ4v) is 4.48. The average molecular weight is 280 g/mol. The SMILES string of the molecule is CCN(C(=O)C1(CC)CCCC1)C1CCCCC1CN. The smallest absolute Gasteiger partial charge is 0.229 e. The zero-order valence-corrected chi connectivity index (χ0v) is 13.4. The van der Waals surface area contributed by atoms with E-state index in [0.717, 1.165) is 38.8 Å². The second-order valence-electron chi connectivity index (χ2n) is 6.78. The van der Waals surface area contributed by atoms with Crippen molar-refractivity contribution in [2.24, 2.45) is 17.1 Å². The van der Waals surface area contributed by atoms with E-state index < -0.39 is 0 Å². The summed E-state index contributed by atoms with van der Waals surface area (Å²) in [6.07, 6.45) is 10.5. The van der Waals surface area contributed by atoms with Gasteiger partial charge in [0, 0.05) is 18.0 Å². The molecule has 3 heteroatoms. The molecule has 116 valence electrons. The molecule has 3 nitrogen and oxygen atoms in total. The van der Waals surface area contributed by atoms with Gasteiger partial charge in [-0.25, -0.2) is 0 Å². The summed E-state index contributed by atoms with van der Waals surface area (Å²) in [6.45, 7) is 5.91. The van der Waals surface area contributed by atoms with Gasteiger partial charge in [-0.05, 0) is 51.5 Å². The summed E-state index contributed by atoms with van der Waals surface area (Å²) in [7, 11) is 0. The molecule has 0 aliphatic heterocycles. The van der Waals surface area contributed by atoms with Gasteiger partial charge >= 0.3 is 0 Å². The highest BCUT2D eigenvalue weighted by molar-refractivity contribution is 5.83. The number of carbonyl (C=O) groups is 1. The Bertz CT molecular complexity index is 323. The van der Waals surface area contributed by atoms with E-state index in [9.17, 15) is 4.79 Å². The predicted octanol–water partition coefficient (Wildman–Crippen LogP) is 3.32. The molecule has 0 aromatic heterocycles. The normalized spacial score (nSPS) is 29.4. The molecule has 2 aliphatic rings. The van der Waals surface area contributed by atoms with Crippen LogP contribution in [0.15, 0.2) is 0 Å². The minimum Gasteiger partial charge on any atom is -0.339 e. The average Bonchev–Trinajstić information content (AvgIpc) is 2.98. The Balaban J connectivity index is 2.15. The third-order valence-corrected chi connectivity index (χ3v) is 5.86. The van der Waals surface area contributed by atoms with Crippen LogP contribution < -0.4 is 5.73 Å². The molecule has 0 aromatic carbocycles. The maximum atomic E-state index is 13.2. The van der Waals surface area contributed by atoms with Gasteiger partial charge in [0.2, 0.25) is 5.91 Å². The molecule has 2 unspecified atom stereocenters. The van der Waals surface area contributed by atoms with Crippen LogP contribution >= 0.6 is 0 Å².